The quantitative estimate of drug-likeness (QED) is 0.891. The van der Waals surface area contributed by atoms with Gasteiger partial charge in [-0.25, -0.2) is 0 Å². The van der Waals surface area contributed by atoms with Crippen LogP contribution in [-0.4, -0.2) is 34.0 Å². The van der Waals surface area contributed by atoms with Crippen LogP contribution in [0.5, 0.6) is 0 Å². The van der Waals surface area contributed by atoms with E-state index in [0.717, 1.165) is 12.0 Å². The Morgan fingerprint density at radius 3 is 3.00 bits per heavy atom. The monoisotopic (exact) mass is 316 g/mol. The molecule has 1 saturated carbocycles. The summed E-state index contributed by atoms with van der Waals surface area (Å²) in [6, 6.07) is 5.94. The van der Waals surface area contributed by atoms with Crippen LogP contribution in [0.4, 0.5) is 0 Å². The normalized spacial score (nSPS) is 19.9. The van der Waals surface area contributed by atoms with Gasteiger partial charge in [0, 0.05) is 42.2 Å². The Kier molecular flexibility index (Phi) is 4.55. The molecule has 0 saturated heterocycles. The molecule has 1 amide bonds. The van der Waals surface area contributed by atoms with Crippen LogP contribution in [0.15, 0.2) is 36.0 Å². The number of rotatable bonds is 6. The maximum absolute atomic E-state index is 12.7. The third-order valence-corrected chi connectivity index (χ3v) is 5.27. The van der Waals surface area contributed by atoms with E-state index in [4.69, 9.17) is 0 Å². The van der Waals surface area contributed by atoms with Gasteiger partial charge in [0.05, 0.1) is 6.61 Å². The van der Waals surface area contributed by atoms with Crippen molar-refractivity contribution >= 4 is 17.2 Å². The minimum absolute atomic E-state index is 0.0125. The molecule has 1 aliphatic carbocycles. The Balaban J connectivity index is 1.68. The molecule has 0 aromatic carbocycles. The minimum Gasteiger partial charge on any atom is -0.395 e. The third-order valence-electron chi connectivity index (χ3n) is 4.12. The van der Waals surface area contributed by atoms with Gasteiger partial charge in [-0.2, -0.15) is 0 Å². The Morgan fingerprint density at radius 2 is 2.36 bits per heavy atom. The van der Waals surface area contributed by atoms with E-state index in [2.05, 4.69) is 23.4 Å². The highest BCUT2D eigenvalue weighted by Gasteiger charge is 2.46. The van der Waals surface area contributed by atoms with Gasteiger partial charge in [0.25, 0.3) is 0 Å². The number of carbonyl (C=O) groups is 1. The van der Waals surface area contributed by atoms with Crippen molar-refractivity contribution in [3.05, 3.63) is 52.0 Å². The number of hydrogen-bond acceptors (Lipinski definition) is 4. The summed E-state index contributed by atoms with van der Waals surface area (Å²) in [5.41, 5.74) is 2.28. The van der Waals surface area contributed by atoms with Gasteiger partial charge in [0.1, 0.15) is 0 Å². The van der Waals surface area contributed by atoms with Crippen LogP contribution in [0.2, 0.25) is 0 Å². The van der Waals surface area contributed by atoms with Crippen LogP contribution in [0, 0.1) is 12.8 Å². The van der Waals surface area contributed by atoms with Gasteiger partial charge >= 0.3 is 0 Å². The van der Waals surface area contributed by atoms with Crippen molar-refractivity contribution in [2.24, 2.45) is 5.92 Å². The first-order chi connectivity index (χ1) is 10.7. The molecule has 116 valence electrons. The molecule has 4 nitrogen and oxygen atoms in total. The molecule has 2 heterocycles. The Hall–Kier alpha value is -1.72. The Labute approximate surface area is 134 Å². The van der Waals surface area contributed by atoms with Crippen molar-refractivity contribution in [3.8, 4) is 0 Å². The van der Waals surface area contributed by atoms with Crippen molar-refractivity contribution in [2.45, 2.75) is 25.8 Å². The van der Waals surface area contributed by atoms with Crippen LogP contribution in [0.1, 0.15) is 28.3 Å². The van der Waals surface area contributed by atoms with Gasteiger partial charge < -0.3 is 10.0 Å². The van der Waals surface area contributed by atoms with E-state index in [1.165, 1.54) is 10.4 Å². The summed E-state index contributed by atoms with van der Waals surface area (Å²) < 4.78 is 0. The lowest BCUT2D eigenvalue weighted by molar-refractivity contribution is -0.133. The van der Waals surface area contributed by atoms with E-state index in [-0.39, 0.29) is 18.4 Å². The highest BCUT2D eigenvalue weighted by molar-refractivity contribution is 7.10. The number of thiophene rings is 1. The molecule has 3 rings (SSSR count). The third kappa shape index (κ3) is 3.20. The lowest BCUT2D eigenvalue weighted by Gasteiger charge is -2.22. The summed E-state index contributed by atoms with van der Waals surface area (Å²) in [5, 5.41) is 11.3. The Bertz CT molecular complexity index is 641. The largest absolute Gasteiger partial charge is 0.395 e. The molecule has 0 aliphatic heterocycles. The summed E-state index contributed by atoms with van der Waals surface area (Å²) in [5.74, 6) is 0.582. The van der Waals surface area contributed by atoms with E-state index in [1.807, 2.05) is 12.1 Å². The fourth-order valence-corrected chi connectivity index (χ4v) is 3.96. The first-order valence-electron chi connectivity index (χ1n) is 7.53. The highest BCUT2D eigenvalue weighted by atomic mass is 32.1. The second kappa shape index (κ2) is 6.58. The molecule has 0 unspecified atom stereocenters. The standard InChI is InChI=1S/C17H20N2O2S/c1-12-4-8-22-16(12)14-9-15(14)17(21)19(6-7-20)11-13-3-2-5-18-10-13/h2-5,8,10,14-15,20H,6-7,9,11H2,1H3/t14-,15+/m0/s1. The number of nitrogens with zero attached hydrogens (tertiary/aromatic N) is 2. The number of carbonyl (C=O) groups excluding carboxylic acids is 1. The van der Waals surface area contributed by atoms with E-state index < -0.39 is 0 Å². The zero-order chi connectivity index (χ0) is 15.5. The zero-order valence-electron chi connectivity index (χ0n) is 12.6. The zero-order valence-corrected chi connectivity index (χ0v) is 13.4. The highest BCUT2D eigenvalue weighted by Crippen LogP contribution is 2.51. The van der Waals surface area contributed by atoms with Crippen LogP contribution in [0.25, 0.3) is 0 Å². The van der Waals surface area contributed by atoms with E-state index >= 15 is 0 Å². The summed E-state index contributed by atoms with van der Waals surface area (Å²) in [6.45, 7) is 2.98. The van der Waals surface area contributed by atoms with E-state index in [9.17, 15) is 9.90 Å². The van der Waals surface area contributed by atoms with Crippen LogP contribution < -0.4 is 0 Å². The summed E-state index contributed by atoms with van der Waals surface area (Å²) >= 11 is 1.74. The topological polar surface area (TPSA) is 53.4 Å². The van der Waals surface area contributed by atoms with Crippen molar-refractivity contribution in [3.63, 3.8) is 0 Å². The van der Waals surface area contributed by atoms with Gasteiger partial charge in [-0.15, -0.1) is 11.3 Å². The molecule has 2 atom stereocenters. The number of aliphatic hydroxyl groups excluding tert-OH is 1. The molecule has 1 N–H and O–H groups in total. The molecule has 1 fully saturated rings. The van der Waals surface area contributed by atoms with Crippen LogP contribution in [-0.2, 0) is 11.3 Å². The molecular weight excluding hydrogens is 296 g/mol. The van der Waals surface area contributed by atoms with Crippen LogP contribution >= 0.6 is 11.3 Å². The Morgan fingerprint density at radius 1 is 1.50 bits per heavy atom. The maximum atomic E-state index is 12.7. The van der Waals surface area contributed by atoms with Gasteiger partial charge in [0.15, 0.2) is 0 Å². The fraction of sp³-hybridized carbons (Fsp3) is 0.412. The average Bonchev–Trinajstić information content (AvgIpc) is 3.21. The number of aromatic nitrogens is 1. The average molecular weight is 316 g/mol. The lowest BCUT2D eigenvalue weighted by atomic mass is 10.1. The smallest absolute Gasteiger partial charge is 0.226 e. The van der Waals surface area contributed by atoms with Gasteiger partial charge in [-0.1, -0.05) is 6.07 Å². The molecule has 0 bridgehead atoms. The molecular formula is C17H20N2O2S. The summed E-state index contributed by atoms with van der Waals surface area (Å²) in [6.07, 6.45) is 4.42. The molecule has 2 aromatic rings. The number of aryl methyl sites for hydroxylation is 1. The SMILES string of the molecule is Cc1ccsc1[C@H]1C[C@H]1C(=O)N(CCO)Cc1cccnc1. The minimum atomic E-state index is -0.0125. The molecule has 22 heavy (non-hydrogen) atoms. The second-order valence-corrected chi connectivity index (χ2v) is 6.71. The predicted molar refractivity (Wildman–Crippen MR) is 86.6 cm³/mol. The molecule has 1 aliphatic rings. The molecule has 0 spiro atoms. The van der Waals surface area contributed by atoms with Crippen molar-refractivity contribution in [2.75, 3.05) is 13.2 Å². The van der Waals surface area contributed by atoms with Crippen molar-refractivity contribution in [1.82, 2.24) is 9.88 Å². The predicted octanol–water partition coefficient (Wildman–Crippen LogP) is 2.58. The first-order valence-corrected chi connectivity index (χ1v) is 8.41. The lowest BCUT2D eigenvalue weighted by Crippen LogP contribution is -2.34. The van der Waals surface area contributed by atoms with Gasteiger partial charge in [-0.3, -0.25) is 9.78 Å². The first kappa shape index (κ1) is 15.2. The maximum Gasteiger partial charge on any atom is 0.226 e. The van der Waals surface area contributed by atoms with E-state index in [0.29, 0.717) is 19.0 Å². The van der Waals surface area contributed by atoms with Crippen molar-refractivity contribution < 1.29 is 9.90 Å². The number of hydrogen-bond donors (Lipinski definition) is 1. The summed E-state index contributed by atoms with van der Waals surface area (Å²) in [7, 11) is 0. The van der Waals surface area contributed by atoms with Gasteiger partial charge in [-0.05, 0) is 42.0 Å². The fourth-order valence-electron chi connectivity index (χ4n) is 2.86. The van der Waals surface area contributed by atoms with Gasteiger partial charge in [0.2, 0.25) is 5.91 Å². The van der Waals surface area contributed by atoms with Crippen LogP contribution in [0.3, 0.4) is 0 Å². The molecule has 2 aromatic heterocycles. The van der Waals surface area contributed by atoms with E-state index in [1.54, 1.807) is 28.6 Å². The van der Waals surface area contributed by atoms with Crippen molar-refractivity contribution in [1.29, 1.82) is 0 Å². The second-order valence-electron chi connectivity index (χ2n) is 5.76. The summed E-state index contributed by atoms with van der Waals surface area (Å²) in [4.78, 5) is 19.9. The number of pyridine rings is 1. The number of aliphatic hydroxyl groups is 1. The molecule has 5 heteroatoms. The number of amides is 1. The molecule has 0 radical (unpaired) electrons.